The van der Waals surface area contributed by atoms with Crippen molar-refractivity contribution in [2.45, 2.75) is 13.0 Å². The van der Waals surface area contributed by atoms with Gasteiger partial charge in [0.25, 0.3) is 0 Å². The molecule has 0 bridgehead atoms. The molecule has 0 aliphatic heterocycles. The zero-order chi connectivity index (χ0) is 15.4. The Balaban J connectivity index is 2.62. The van der Waals surface area contributed by atoms with E-state index in [1.165, 1.54) is 19.2 Å². The van der Waals surface area contributed by atoms with Crippen LogP contribution in [0.1, 0.15) is 24.1 Å². The van der Waals surface area contributed by atoms with Gasteiger partial charge in [-0.2, -0.15) is 0 Å². The molecule has 2 aromatic rings. The van der Waals surface area contributed by atoms with Crippen molar-refractivity contribution in [2.24, 2.45) is 0 Å². The lowest BCUT2D eigenvalue weighted by atomic mass is 9.96. The molecule has 5 heteroatoms. The molecule has 0 aliphatic carbocycles. The maximum atomic E-state index is 14.4. The number of benzene rings is 2. The van der Waals surface area contributed by atoms with E-state index < -0.39 is 17.7 Å². The van der Waals surface area contributed by atoms with Crippen LogP contribution in [0.2, 0.25) is 0 Å². The third-order valence-corrected chi connectivity index (χ3v) is 3.84. The lowest BCUT2D eigenvalue weighted by Gasteiger charge is -2.22. The van der Waals surface area contributed by atoms with Crippen LogP contribution in [0.15, 0.2) is 40.9 Å². The Hall–Kier alpha value is -1.46. The molecule has 0 saturated heterocycles. The van der Waals surface area contributed by atoms with Gasteiger partial charge in [-0.15, -0.1) is 0 Å². The van der Waals surface area contributed by atoms with E-state index >= 15 is 0 Å². The first-order valence-corrected chi connectivity index (χ1v) is 7.39. The van der Waals surface area contributed by atoms with Crippen LogP contribution in [0, 0.1) is 11.6 Å². The Kier molecular flexibility index (Phi) is 5.31. The van der Waals surface area contributed by atoms with Crippen molar-refractivity contribution in [1.82, 2.24) is 5.32 Å². The SMILES string of the molecule is CCNC(c1ccccc1OC)c1c(F)ccc(Br)c1F. The van der Waals surface area contributed by atoms with E-state index in [-0.39, 0.29) is 10.0 Å². The van der Waals surface area contributed by atoms with Crippen LogP contribution >= 0.6 is 15.9 Å². The molecule has 1 unspecified atom stereocenters. The zero-order valence-electron chi connectivity index (χ0n) is 11.8. The minimum Gasteiger partial charge on any atom is -0.496 e. The summed E-state index contributed by atoms with van der Waals surface area (Å²) in [5, 5.41) is 3.12. The first-order chi connectivity index (χ1) is 10.1. The highest BCUT2D eigenvalue weighted by Gasteiger charge is 2.25. The second-order valence-corrected chi connectivity index (χ2v) is 5.34. The van der Waals surface area contributed by atoms with E-state index in [1.54, 1.807) is 12.1 Å². The molecule has 112 valence electrons. The molecule has 21 heavy (non-hydrogen) atoms. The van der Waals surface area contributed by atoms with Crippen molar-refractivity contribution in [1.29, 1.82) is 0 Å². The van der Waals surface area contributed by atoms with Gasteiger partial charge < -0.3 is 10.1 Å². The molecule has 0 heterocycles. The number of hydrogen-bond donors (Lipinski definition) is 1. The quantitative estimate of drug-likeness (QED) is 0.800. The molecular weight excluding hydrogens is 340 g/mol. The maximum absolute atomic E-state index is 14.4. The van der Waals surface area contributed by atoms with E-state index in [0.717, 1.165) is 0 Å². The van der Waals surface area contributed by atoms with Crippen LogP contribution in [0.25, 0.3) is 0 Å². The largest absolute Gasteiger partial charge is 0.496 e. The van der Waals surface area contributed by atoms with E-state index in [4.69, 9.17) is 4.74 Å². The van der Waals surface area contributed by atoms with Crippen molar-refractivity contribution in [3.05, 3.63) is 63.6 Å². The molecule has 2 rings (SSSR count). The average molecular weight is 356 g/mol. The third kappa shape index (κ3) is 3.24. The average Bonchev–Trinajstić information content (AvgIpc) is 2.50. The number of rotatable bonds is 5. The number of ether oxygens (including phenoxy) is 1. The summed E-state index contributed by atoms with van der Waals surface area (Å²) < 4.78 is 34.1. The highest BCUT2D eigenvalue weighted by atomic mass is 79.9. The highest BCUT2D eigenvalue weighted by Crippen LogP contribution is 2.34. The molecule has 0 saturated carbocycles. The summed E-state index contributed by atoms with van der Waals surface area (Å²) in [5.74, 6) is -0.610. The number of para-hydroxylation sites is 1. The zero-order valence-corrected chi connectivity index (χ0v) is 13.4. The van der Waals surface area contributed by atoms with Crippen LogP contribution in [-0.2, 0) is 0 Å². The summed E-state index contributed by atoms with van der Waals surface area (Å²) >= 11 is 3.11. The van der Waals surface area contributed by atoms with Crippen LogP contribution in [0.4, 0.5) is 8.78 Å². The van der Waals surface area contributed by atoms with Crippen molar-refractivity contribution in [2.75, 3.05) is 13.7 Å². The molecule has 1 N–H and O–H groups in total. The van der Waals surface area contributed by atoms with Crippen LogP contribution < -0.4 is 10.1 Å². The van der Waals surface area contributed by atoms with Gasteiger partial charge in [-0.3, -0.25) is 0 Å². The van der Waals surface area contributed by atoms with Gasteiger partial charge in [0, 0.05) is 11.1 Å². The van der Waals surface area contributed by atoms with Gasteiger partial charge >= 0.3 is 0 Å². The van der Waals surface area contributed by atoms with Crippen LogP contribution in [0.5, 0.6) is 5.75 Å². The van der Waals surface area contributed by atoms with E-state index in [9.17, 15) is 8.78 Å². The molecule has 2 nitrogen and oxygen atoms in total. The highest BCUT2D eigenvalue weighted by molar-refractivity contribution is 9.10. The van der Waals surface area contributed by atoms with Crippen LogP contribution in [-0.4, -0.2) is 13.7 Å². The van der Waals surface area contributed by atoms with E-state index in [1.807, 2.05) is 19.1 Å². The first kappa shape index (κ1) is 15.9. The molecule has 0 aromatic heterocycles. The number of hydrogen-bond acceptors (Lipinski definition) is 2. The fraction of sp³-hybridized carbons (Fsp3) is 0.250. The normalized spacial score (nSPS) is 12.2. The van der Waals surface area contributed by atoms with Crippen molar-refractivity contribution in [3.63, 3.8) is 0 Å². The third-order valence-electron chi connectivity index (χ3n) is 3.23. The van der Waals surface area contributed by atoms with Gasteiger partial charge in [0.1, 0.15) is 17.4 Å². The van der Waals surface area contributed by atoms with Gasteiger partial charge in [0.15, 0.2) is 0 Å². The molecule has 1 atom stereocenters. The lowest BCUT2D eigenvalue weighted by Crippen LogP contribution is -2.24. The summed E-state index contributed by atoms with van der Waals surface area (Å²) in [6, 6.07) is 9.19. The van der Waals surface area contributed by atoms with Gasteiger partial charge in [-0.25, -0.2) is 8.78 Å². The molecule has 0 spiro atoms. The van der Waals surface area contributed by atoms with Crippen LogP contribution in [0.3, 0.4) is 0 Å². The number of halogens is 3. The minimum absolute atomic E-state index is 0.0178. The predicted octanol–water partition coefficient (Wildman–Crippen LogP) is 4.43. The summed E-state index contributed by atoms with van der Waals surface area (Å²) in [5.41, 5.74) is 0.675. The summed E-state index contributed by atoms with van der Waals surface area (Å²) in [7, 11) is 1.54. The molecule has 2 aromatic carbocycles. The Morgan fingerprint density at radius 1 is 1.19 bits per heavy atom. The Labute approximate surface area is 131 Å². The van der Waals surface area contributed by atoms with Gasteiger partial charge in [-0.1, -0.05) is 25.1 Å². The number of methoxy groups -OCH3 is 1. The standard InChI is InChI=1S/C16H16BrF2NO/c1-3-20-16(10-6-4-5-7-13(10)21-2)14-12(18)9-8-11(17)15(14)19/h4-9,16,20H,3H2,1-2H3. The predicted molar refractivity (Wildman–Crippen MR) is 82.6 cm³/mol. The topological polar surface area (TPSA) is 21.3 Å². The van der Waals surface area contributed by atoms with E-state index in [2.05, 4.69) is 21.2 Å². The summed E-state index contributed by atoms with van der Waals surface area (Å²) in [6.07, 6.45) is 0. The molecule has 0 amide bonds. The number of nitrogens with one attached hydrogen (secondary N) is 1. The Bertz CT molecular complexity index is 634. The second kappa shape index (κ2) is 7.00. The fourth-order valence-corrected chi connectivity index (χ4v) is 2.63. The van der Waals surface area contributed by atoms with E-state index in [0.29, 0.717) is 17.9 Å². The Morgan fingerprint density at radius 2 is 1.90 bits per heavy atom. The monoisotopic (exact) mass is 355 g/mol. The molecule has 0 aliphatic rings. The molecule has 0 radical (unpaired) electrons. The summed E-state index contributed by atoms with van der Waals surface area (Å²) in [6.45, 7) is 2.45. The fourth-order valence-electron chi connectivity index (χ4n) is 2.28. The van der Waals surface area contributed by atoms with Crippen molar-refractivity contribution < 1.29 is 13.5 Å². The molecular formula is C16H16BrF2NO. The first-order valence-electron chi connectivity index (χ1n) is 6.59. The smallest absolute Gasteiger partial charge is 0.145 e. The minimum atomic E-state index is -0.622. The Morgan fingerprint density at radius 3 is 2.57 bits per heavy atom. The summed E-state index contributed by atoms with van der Waals surface area (Å²) in [4.78, 5) is 0. The molecule has 0 fully saturated rings. The second-order valence-electron chi connectivity index (χ2n) is 4.49. The van der Waals surface area contributed by atoms with Gasteiger partial charge in [-0.05, 0) is 40.7 Å². The van der Waals surface area contributed by atoms with Crippen molar-refractivity contribution >= 4 is 15.9 Å². The van der Waals surface area contributed by atoms with Gasteiger partial charge in [0.05, 0.1) is 17.6 Å². The lowest BCUT2D eigenvalue weighted by molar-refractivity contribution is 0.401. The van der Waals surface area contributed by atoms with Crippen molar-refractivity contribution in [3.8, 4) is 5.75 Å². The van der Waals surface area contributed by atoms with Gasteiger partial charge in [0.2, 0.25) is 0 Å². The maximum Gasteiger partial charge on any atom is 0.145 e.